The lowest BCUT2D eigenvalue weighted by atomic mass is 10.2. The van der Waals surface area contributed by atoms with Crippen LogP contribution in [-0.2, 0) is 20.4 Å². The van der Waals surface area contributed by atoms with Gasteiger partial charge in [0.05, 0.1) is 4.90 Å². The van der Waals surface area contributed by atoms with E-state index < -0.39 is 15.7 Å². The molecule has 0 atom stereocenters. The first-order chi connectivity index (χ1) is 14.4. The van der Waals surface area contributed by atoms with Crippen LogP contribution < -0.4 is 10.2 Å². The Morgan fingerprint density at radius 3 is 2.57 bits per heavy atom. The quantitative estimate of drug-likeness (QED) is 0.652. The summed E-state index contributed by atoms with van der Waals surface area (Å²) in [6.45, 7) is 0.660. The van der Waals surface area contributed by atoms with E-state index >= 15 is 0 Å². The van der Waals surface area contributed by atoms with Crippen molar-refractivity contribution in [2.75, 3.05) is 16.8 Å². The first-order valence-corrected chi connectivity index (χ1v) is 11.2. The Labute approximate surface area is 174 Å². The van der Waals surface area contributed by atoms with Gasteiger partial charge in [0.15, 0.2) is 15.6 Å². The molecular weight excluding hydrogens is 404 g/mol. The lowest BCUT2D eigenvalue weighted by Crippen LogP contribution is -2.23. The van der Waals surface area contributed by atoms with Crippen LogP contribution in [0.1, 0.15) is 29.2 Å². The van der Waals surface area contributed by atoms with Gasteiger partial charge in [-0.15, -0.1) is 0 Å². The summed E-state index contributed by atoms with van der Waals surface area (Å²) in [7, 11) is -3.57. The van der Waals surface area contributed by atoms with Gasteiger partial charge in [0.25, 0.3) is 5.91 Å². The number of sulfone groups is 1. The fraction of sp³-hybridized carbons (Fsp3) is 0.182. The molecule has 1 aliphatic heterocycles. The average Bonchev–Trinajstić information content (AvgIpc) is 3.37. The van der Waals surface area contributed by atoms with Gasteiger partial charge < -0.3 is 14.6 Å². The summed E-state index contributed by atoms with van der Waals surface area (Å²) in [6, 6.07) is 18.0. The third kappa shape index (κ3) is 4.28. The second-order valence-electron chi connectivity index (χ2n) is 6.99. The minimum Gasteiger partial charge on any atom is -0.455 e. The van der Waals surface area contributed by atoms with Crippen LogP contribution in [0.25, 0.3) is 0 Å². The second-order valence-corrected chi connectivity index (χ2v) is 8.98. The summed E-state index contributed by atoms with van der Waals surface area (Å²) in [5, 5.41) is 2.72. The SMILES string of the molecule is O=C(Nc1cccc(N2CCCC2=O)c1)c1ccc(CS(=O)(=O)c2ccccc2)o1. The molecule has 0 radical (unpaired) electrons. The number of carbonyl (C=O) groups excluding carboxylic acids is 2. The zero-order valence-electron chi connectivity index (χ0n) is 16.1. The van der Waals surface area contributed by atoms with E-state index in [0.717, 1.165) is 12.1 Å². The third-order valence-electron chi connectivity index (χ3n) is 4.81. The topological polar surface area (TPSA) is 96.7 Å². The maximum absolute atomic E-state index is 12.5. The summed E-state index contributed by atoms with van der Waals surface area (Å²) in [4.78, 5) is 26.3. The summed E-state index contributed by atoms with van der Waals surface area (Å²) in [5.41, 5.74) is 1.25. The van der Waals surface area contributed by atoms with Gasteiger partial charge in [0.2, 0.25) is 5.91 Å². The van der Waals surface area contributed by atoms with Crippen LogP contribution in [0.5, 0.6) is 0 Å². The predicted molar refractivity (Wildman–Crippen MR) is 112 cm³/mol. The number of anilines is 2. The zero-order chi connectivity index (χ0) is 21.1. The van der Waals surface area contributed by atoms with Crippen molar-refractivity contribution in [3.8, 4) is 0 Å². The van der Waals surface area contributed by atoms with Gasteiger partial charge >= 0.3 is 0 Å². The highest BCUT2D eigenvalue weighted by Gasteiger charge is 2.22. The van der Waals surface area contributed by atoms with Gasteiger partial charge in [-0.3, -0.25) is 9.59 Å². The van der Waals surface area contributed by atoms with E-state index in [9.17, 15) is 18.0 Å². The van der Waals surface area contributed by atoms with E-state index in [1.165, 1.54) is 24.3 Å². The number of hydrogen-bond donors (Lipinski definition) is 1. The van der Waals surface area contributed by atoms with Crippen LogP contribution in [0.4, 0.5) is 11.4 Å². The Morgan fingerprint density at radius 2 is 1.83 bits per heavy atom. The Hall–Kier alpha value is -3.39. The molecule has 1 aliphatic rings. The molecule has 0 spiro atoms. The molecule has 3 aromatic rings. The van der Waals surface area contributed by atoms with E-state index in [4.69, 9.17) is 4.42 Å². The molecule has 0 aliphatic carbocycles. The standard InChI is InChI=1S/C22H20N2O5S/c25-21-10-5-13-24(21)17-7-4-6-16(14-17)23-22(26)20-12-11-18(29-20)15-30(27,28)19-8-2-1-3-9-19/h1-4,6-9,11-12,14H,5,10,13,15H2,(H,23,26). The first-order valence-electron chi connectivity index (χ1n) is 9.51. The monoisotopic (exact) mass is 424 g/mol. The van der Waals surface area contributed by atoms with Crippen LogP contribution in [0.3, 0.4) is 0 Å². The van der Waals surface area contributed by atoms with Crippen molar-refractivity contribution in [2.45, 2.75) is 23.5 Å². The molecule has 1 N–H and O–H groups in total. The maximum atomic E-state index is 12.5. The van der Waals surface area contributed by atoms with Gasteiger partial charge in [0, 0.05) is 24.3 Å². The summed E-state index contributed by atoms with van der Waals surface area (Å²) in [5.74, 6) is -0.579. The minimum atomic E-state index is -3.57. The molecule has 7 nitrogen and oxygen atoms in total. The van der Waals surface area contributed by atoms with Gasteiger partial charge in [-0.1, -0.05) is 24.3 Å². The molecule has 2 aromatic carbocycles. The molecule has 0 unspecified atom stereocenters. The number of carbonyl (C=O) groups is 2. The summed E-state index contributed by atoms with van der Waals surface area (Å²) < 4.78 is 30.4. The van der Waals surface area contributed by atoms with Crippen molar-refractivity contribution in [3.63, 3.8) is 0 Å². The van der Waals surface area contributed by atoms with Gasteiger partial charge in [0.1, 0.15) is 11.5 Å². The van der Waals surface area contributed by atoms with E-state index in [0.29, 0.717) is 18.7 Å². The summed E-state index contributed by atoms with van der Waals surface area (Å²) in [6.07, 6.45) is 1.34. The van der Waals surface area contributed by atoms with Crippen LogP contribution in [0.2, 0.25) is 0 Å². The molecule has 1 saturated heterocycles. The van der Waals surface area contributed by atoms with Gasteiger partial charge in [-0.2, -0.15) is 0 Å². The molecule has 8 heteroatoms. The van der Waals surface area contributed by atoms with Crippen LogP contribution in [-0.4, -0.2) is 26.8 Å². The molecule has 2 heterocycles. The van der Waals surface area contributed by atoms with Crippen molar-refractivity contribution < 1.29 is 22.4 Å². The molecule has 0 bridgehead atoms. The lowest BCUT2D eigenvalue weighted by molar-refractivity contribution is -0.117. The first kappa shape index (κ1) is 19.9. The number of furan rings is 1. The maximum Gasteiger partial charge on any atom is 0.291 e. The number of hydrogen-bond acceptors (Lipinski definition) is 5. The number of amides is 2. The highest BCUT2D eigenvalue weighted by atomic mass is 32.2. The zero-order valence-corrected chi connectivity index (χ0v) is 16.9. The Morgan fingerprint density at radius 1 is 1.03 bits per heavy atom. The number of benzene rings is 2. The predicted octanol–water partition coefficient (Wildman–Crippen LogP) is 3.63. The third-order valence-corrected chi connectivity index (χ3v) is 6.46. The Kier molecular flexibility index (Phi) is 5.41. The molecule has 1 fully saturated rings. The number of nitrogens with zero attached hydrogens (tertiary/aromatic N) is 1. The van der Waals surface area contributed by atoms with Crippen molar-refractivity contribution in [2.24, 2.45) is 0 Å². The Balaban J connectivity index is 1.45. The number of nitrogens with one attached hydrogen (secondary N) is 1. The van der Waals surface area contributed by atoms with E-state index in [1.807, 2.05) is 6.07 Å². The van der Waals surface area contributed by atoms with Crippen molar-refractivity contribution in [1.82, 2.24) is 0 Å². The van der Waals surface area contributed by atoms with Crippen LogP contribution in [0.15, 0.2) is 76.0 Å². The van der Waals surface area contributed by atoms with Crippen LogP contribution >= 0.6 is 0 Å². The normalized spacial score (nSPS) is 14.1. The number of rotatable bonds is 6. The Bertz CT molecular complexity index is 1190. The van der Waals surface area contributed by atoms with Crippen molar-refractivity contribution in [3.05, 3.63) is 78.3 Å². The highest BCUT2D eigenvalue weighted by Crippen LogP contribution is 2.25. The molecule has 0 saturated carbocycles. The smallest absolute Gasteiger partial charge is 0.291 e. The fourth-order valence-corrected chi connectivity index (χ4v) is 4.61. The molecule has 30 heavy (non-hydrogen) atoms. The molecular formula is C22H20N2O5S. The molecule has 1 aromatic heterocycles. The lowest BCUT2D eigenvalue weighted by Gasteiger charge is -2.16. The minimum absolute atomic E-state index is 0.0101. The molecule has 4 rings (SSSR count). The van der Waals surface area contributed by atoms with Crippen molar-refractivity contribution >= 4 is 33.0 Å². The fourth-order valence-electron chi connectivity index (χ4n) is 3.34. The van der Waals surface area contributed by atoms with E-state index in [2.05, 4.69) is 5.32 Å². The van der Waals surface area contributed by atoms with Crippen LogP contribution in [0, 0.1) is 0 Å². The molecule has 2 amide bonds. The second kappa shape index (κ2) is 8.16. The highest BCUT2D eigenvalue weighted by molar-refractivity contribution is 7.90. The largest absolute Gasteiger partial charge is 0.455 e. The average molecular weight is 424 g/mol. The summed E-state index contributed by atoms with van der Waals surface area (Å²) >= 11 is 0. The van der Waals surface area contributed by atoms with E-state index in [1.54, 1.807) is 41.3 Å². The van der Waals surface area contributed by atoms with E-state index in [-0.39, 0.29) is 28.1 Å². The van der Waals surface area contributed by atoms with Crippen molar-refractivity contribution in [1.29, 1.82) is 0 Å². The van der Waals surface area contributed by atoms with Gasteiger partial charge in [-0.05, 0) is 48.9 Å². The van der Waals surface area contributed by atoms with Gasteiger partial charge in [-0.25, -0.2) is 8.42 Å². The molecule has 154 valence electrons.